The SMILES string of the molecule is CC(C)C(C(=O)NCC(F)(F)CN)N1C(=O)c2ccccc2C1=O.Cl. The van der Waals surface area contributed by atoms with E-state index in [1.165, 1.54) is 12.1 Å². The molecule has 0 saturated carbocycles. The molecule has 9 heteroatoms. The van der Waals surface area contributed by atoms with Crippen LogP contribution in [-0.4, -0.2) is 47.7 Å². The van der Waals surface area contributed by atoms with E-state index in [0.717, 1.165) is 4.90 Å². The zero-order chi connectivity index (χ0) is 18.1. The van der Waals surface area contributed by atoms with Crippen LogP contribution in [-0.2, 0) is 4.79 Å². The van der Waals surface area contributed by atoms with Gasteiger partial charge in [0.05, 0.1) is 24.2 Å². The van der Waals surface area contributed by atoms with E-state index in [1.54, 1.807) is 26.0 Å². The molecule has 0 radical (unpaired) electrons. The third-order valence-corrected chi connectivity index (χ3v) is 3.82. The number of nitrogens with zero attached hydrogens (tertiary/aromatic N) is 1. The third kappa shape index (κ3) is 4.13. The summed E-state index contributed by atoms with van der Waals surface area (Å²) < 4.78 is 26.5. The molecule has 1 atom stereocenters. The number of halogens is 3. The van der Waals surface area contributed by atoms with E-state index in [2.05, 4.69) is 5.32 Å². The number of rotatable bonds is 6. The molecule has 0 fully saturated rings. The molecule has 1 aliphatic rings. The number of benzene rings is 1. The fraction of sp³-hybridized carbons (Fsp3) is 0.438. The van der Waals surface area contributed by atoms with Crippen molar-refractivity contribution in [3.05, 3.63) is 35.4 Å². The van der Waals surface area contributed by atoms with E-state index >= 15 is 0 Å². The van der Waals surface area contributed by atoms with Gasteiger partial charge in [0, 0.05) is 0 Å². The van der Waals surface area contributed by atoms with Gasteiger partial charge in [-0.15, -0.1) is 12.4 Å². The first-order valence-corrected chi connectivity index (χ1v) is 7.52. The molecule has 0 aliphatic carbocycles. The van der Waals surface area contributed by atoms with E-state index < -0.39 is 48.7 Å². The number of hydrogen-bond donors (Lipinski definition) is 2. The highest BCUT2D eigenvalue weighted by atomic mass is 35.5. The van der Waals surface area contributed by atoms with Crippen molar-refractivity contribution in [2.24, 2.45) is 11.7 Å². The lowest BCUT2D eigenvalue weighted by molar-refractivity contribution is -0.128. The average molecular weight is 376 g/mol. The molecular weight excluding hydrogens is 356 g/mol. The maximum Gasteiger partial charge on any atom is 0.277 e. The van der Waals surface area contributed by atoms with Gasteiger partial charge in [0.25, 0.3) is 17.7 Å². The molecule has 0 saturated heterocycles. The molecule has 1 aromatic carbocycles. The summed E-state index contributed by atoms with van der Waals surface area (Å²) in [6.07, 6.45) is 0. The second kappa shape index (κ2) is 7.88. The van der Waals surface area contributed by atoms with Crippen LogP contribution >= 0.6 is 12.4 Å². The Morgan fingerprint density at radius 2 is 1.68 bits per heavy atom. The smallest absolute Gasteiger partial charge is 0.277 e. The Labute approximate surface area is 150 Å². The van der Waals surface area contributed by atoms with Crippen LogP contribution in [0.1, 0.15) is 34.6 Å². The largest absolute Gasteiger partial charge is 0.348 e. The molecule has 1 aliphatic heterocycles. The summed E-state index contributed by atoms with van der Waals surface area (Å²) in [5.74, 6) is -5.71. The molecule has 0 spiro atoms. The van der Waals surface area contributed by atoms with Gasteiger partial charge >= 0.3 is 0 Å². The number of carbonyl (C=O) groups is 3. The molecule has 1 unspecified atom stereocenters. The van der Waals surface area contributed by atoms with Gasteiger partial charge in [0.2, 0.25) is 5.91 Å². The van der Waals surface area contributed by atoms with Crippen LogP contribution in [0.15, 0.2) is 24.3 Å². The second-order valence-electron chi connectivity index (χ2n) is 5.99. The van der Waals surface area contributed by atoms with Crippen LogP contribution in [0.4, 0.5) is 8.78 Å². The first kappa shape index (κ1) is 21.0. The maximum atomic E-state index is 13.2. The molecule has 0 aromatic heterocycles. The minimum absolute atomic E-state index is 0. The number of amides is 3. The average Bonchev–Trinajstić information content (AvgIpc) is 2.79. The number of fused-ring (bicyclic) bond motifs is 1. The van der Waals surface area contributed by atoms with Crippen LogP contribution in [0.5, 0.6) is 0 Å². The minimum atomic E-state index is -3.25. The first-order chi connectivity index (χ1) is 11.2. The molecule has 25 heavy (non-hydrogen) atoms. The third-order valence-electron chi connectivity index (χ3n) is 3.82. The van der Waals surface area contributed by atoms with Gasteiger partial charge in [-0.2, -0.15) is 0 Å². The van der Waals surface area contributed by atoms with Crippen molar-refractivity contribution in [2.75, 3.05) is 13.1 Å². The van der Waals surface area contributed by atoms with Crippen molar-refractivity contribution in [2.45, 2.75) is 25.8 Å². The highest BCUT2D eigenvalue weighted by Gasteiger charge is 2.44. The van der Waals surface area contributed by atoms with Crippen LogP contribution in [0.25, 0.3) is 0 Å². The van der Waals surface area contributed by atoms with E-state index in [4.69, 9.17) is 5.73 Å². The molecule has 6 nitrogen and oxygen atoms in total. The zero-order valence-corrected chi connectivity index (χ0v) is 14.6. The number of nitrogens with one attached hydrogen (secondary N) is 1. The quantitative estimate of drug-likeness (QED) is 0.736. The van der Waals surface area contributed by atoms with Crippen molar-refractivity contribution in [1.29, 1.82) is 0 Å². The van der Waals surface area contributed by atoms with Gasteiger partial charge in [-0.1, -0.05) is 26.0 Å². The highest BCUT2D eigenvalue weighted by molar-refractivity contribution is 6.22. The predicted octanol–water partition coefficient (Wildman–Crippen LogP) is 1.44. The second-order valence-corrected chi connectivity index (χ2v) is 5.99. The number of carbonyl (C=O) groups excluding carboxylic acids is 3. The molecule has 2 rings (SSSR count). The summed E-state index contributed by atoms with van der Waals surface area (Å²) in [5, 5.41) is 2.09. The van der Waals surface area contributed by atoms with Crippen molar-refractivity contribution in [1.82, 2.24) is 10.2 Å². The van der Waals surface area contributed by atoms with Gasteiger partial charge in [0.1, 0.15) is 6.04 Å². The highest BCUT2D eigenvalue weighted by Crippen LogP contribution is 2.27. The minimum Gasteiger partial charge on any atom is -0.348 e. The van der Waals surface area contributed by atoms with Crippen LogP contribution in [0.2, 0.25) is 0 Å². The Bertz CT molecular complexity index is 647. The summed E-state index contributed by atoms with van der Waals surface area (Å²) in [6.45, 7) is 1.41. The van der Waals surface area contributed by atoms with E-state index in [9.17, 15) is 23.2 Å². The standard InChI is InChI=1S/C16H19F2N3O3.ClH/c1-9(2)12(13(22)20-8-16(17,18)7-19)21-14(23)10-5-3-4-6-11(10)15(21)24;/h3-6,9,12H,7-8,19H2,1-2H3,(H,20,22);1H. The van der Waals surface area contributed by atoms with E-state index in [1.807, 2.05) is 0 Å². The Morgan fingerprint density at radius 3 is 2.08 bits per heavy atom. The Balaban J connectivity index is 0.00000312. The number of hydrogen-bond acceptors (Lipinski definition) is 4. The van der Waals surface area contributed by atoms with Crippen molar-refractivity contribution in [3.8, 4) is 0 Å². The Morgan fingerprint density at radius 1 is 1.20 bits per heavy atom. The molecular formula is C16H20ClF2N3O3. The Hall–Kier alpha value is -2.06. The summed E-state index contributed by atoms with van der Waals surface area (Å²) in [7, 11) is 0. The molecule has 3 amide bonds. The number of nitrogens with two attached hydrogens (primary N) is 1. The van der Waals surface area contributed by atoms with Crippen LogP contribution in [0, 0.1) is 5.92 Å². The topological polar surface area (TPSA) is 92.5 Å². The Kier molecular flexibility index (Phi) is 6.61. The van der Waals surface area contributed by atoms with E-state index in [0.29, 0.717) is 0 Å². The maximum absolute atomic E-state index is 13.2. The fourth-order valence-electron chi connectivity index (χ4n) is 2.57. The van der Waals surface area contributed by atoms with Crippen molar-refractivity contribution < 1.29 is 23.2 Å². The lowest BCUT2D eigenvalue weighted by atomic mass is 10.0. The monoisotopic (exact) mass is 375 g/mol. The van der Waals surface area contributed by atoms with E-state index in [-0.39, 0.29) is 23.5 Å². The van der Waals surface area contributed by atoms with Crippen molar-refractivity contribution >= 4 is 30.1 Å². The van der Waals surface area contributed by atoms with Gasteiger partial charge < -0.3 is 11.1 Å². The molecule has 0 bridgehead atoms. The molecule has 138 valence electrons. The summed E-state index contributed by atoms with van der Waals surface area (Å²) >= 11 is 0. The van der Waals surface area contributed by atoms with Gasteiger partial charge in [0.15, 0.2) is 0 Å². The van der Waals surface area contributed by atoms with Crippen molar-refractivity contribution in [3.63, 3.8) is 0 Å². The number of imide groups is 1. The van der Waals surface area contributed by atoms with Gasteiger partial charge in [-0.3, -0.25) is 19.3 Å². The zero-order valence-electron chi connectivity index (χ0n) is 13.8. The van der Waals surface area contributed by atoms with Gasteiger partial charge in [-0.25, -0.2) is 8.78 Å². The molecule has 3 N–H and O–H groups in total. The van der Waals surface area contributed by atoms with Crippen LogP contribution in [0.3, 0.4) is 0 Å². The molecule has 1 aromatic rings. The summed E-state index contributed by atoms with van der Waals surface area (Å²) in [4.78, 5) is 38.1. The van der Waals surface area contributed by atoms with Gasteiger partial charge in [-0.05, 0) is 18.1 Å². The first-order valence-electron chi connectivity index (χ1n) is 7.52. The summed E-state index contributed by atoms with van der Waals surface area (Å²) in [6, 6.07) is 5.03. The molecule has 1 heterocycles. The fourth-order valence-corrected chi connectivity index (χ4v) is 2.57. The lowest BCUT2D eigenvalue weighted by Crippen LogP contribution is -2.54. The predicted molar refractivity (Wildman–Crippen MR) is 89.8 cm³/mol. The lowest BCUT2D eigenvalue weighted by Gasteiger charge is -2.29. The van der Waals surface area contributed by atoms with Crippen LogP contribution < -0.4 is 11.1 Å². The summed E-state index contributed by atoms with van der Waals surface area (Å²) in [5.41, 5.74) is 5.34. The normalized spacial score (nSPS) is 15.0. The number of alkyl halides is 2.